The minimum Gasteiger partial charge on any atom is -0.508 e. The molecule has 0 radical (unpaired) electrons. The second kappa shape index (κ2) is 9.68. The summed E-state index contributed by atoms with van der Waals surface area (Å²) < 4.78 is 14.1. The molecule has 8 heteroatoms. The largest absolute Gasteiger partial charge is 0.508 e. The van der Waals surface area contributed by atoms with Crippen LogP contribution in [0.15, 0.2) is 79.1 Å². The number of fused-ring (bicyclic) bond motifs is 1. The fraction of sp³-hybridized carbons (Fsp3) is 0.0714. The van der Waals surface area contributed by atoms with Gasteiger partial charge in [0.25, 0.3) is 5.91 Å². The highest BCUT2D eigenvalue weighted by molar-refractivity contribution is 5.93. The fourth-order valence-corrected chi connectivity index (χ4v) is 3.88. The number of H-pyrrole nitrogens is 1. The number of hydrogen-bond acceptors (Lipinski definition) is 5. The molecule has 5 rings (SSSR count). The molecule has 3 heterocycles. The molecule has 2 aromatic carbocycles. The summed E-state index contributed by atoms with van der Waals surface area (Å²) in [4.78, 5) is 29.1. The van der Waals surface area contributed by atoms with Crippen LogP contribution in [-0.2, 0) is 0 Å². The molecule has 0 aliphatic rings. The Bertz CT molecular complexity index is 1600. The lowest BCUT2D eigenvalue weighted by Crippen LogP contribution is -2.30. The zero-order valence-electron chi connectivity index (χ0n) is 19.2. The van der Waals surface area contributed by atoms with Gasteiger partial charge in [-0.1, -0.05) is 24.1 Å². The molecule has 176 valence electrons. The van der Waals surface area contributed by atoms with Crippen LogP contribution in [0.4, 0.5) is 4.39 Å². The van der Waals surface area contributed by atoms with Crippen molar-refractivity contribution in [3.8, 4) is 17.6 Å². The van der Waals surface area contributed by atoms with Crippen molar-refractivity contribution in [2.24, 2.45) is 0 Å². The van der Waals surface area contributed by atoms with E-state index in [0.29, 0.717) is 22.8 Å². The summed E-state index contributed by atoms with van der Waals surface area (Å²) in [6.07, 6.45) is 3.19. The van der Waals surface area contributed by atoms with E-state index in [-0.39, 0.29) is 17.0 Å². The van der Waals surface area contributed by atoms with Crippen LogP contribution in [0, 0.1) is 24.6 Å². The van der Waals surface area contributed by atoms with Crippen LogP contribution in [0.3, 0.4) is 0 Å². The number of aryl methyl sites for hydroxylation is 1. The highest BCUT2D eigenvalue weighted by atomic mass is 19.1. The Kier molecular flexibility index (Phi) is 6.12. The maximum absolute atomic E-state index is 14.1. The molecule has 5 aromatic rings. The van der Waals surface area contributed by atoms with E-state index in [1.54, 1.807) is 37.5 Å². The number of carbonyl (C=O) groups excluding carboxylic acids is 1. The molecule has 1 atom stereocenters. The molecule has 0 aliphatic carbocycles. The van der Waals surface area contributed by atoms with Gasteiger partial charge in [-0.25, -0.2) is 19.3 Å². The molecule has 0 saturated carbocycles. The number of hydrogen-bond donors (Lipinski definition) is 3. The summed E-state index contributed by atoms with van der Waals surface area (Å²) >= 11 is 0. The van der Waals surface area contributed by atoms with E-state index in [1.165, 1.54) is 12.1 Å². The van der Waals surface area contributed by atoms with Crippen LogP contribution in [0.25, 0.3) is 10.9 Å². The molecular weight excluding hydrogens is 457 g/mol. The molecule has 0 spiro atoms. The van der Waals surface area contributed by atoms with Crippen molar-refractivity contribution in [1.82, 2.24) is 25.3 Å². The van der Waals surface area contributed by atoms with Crippen molar-refractivity contribution in [2.75, 3.05) is 0 Å². The number of nitrogens with zero attached hydrogens (tertiary/aromatic N) is 3. The number of benzene rings is 2. The van der Waals surface area contributed by atoms with E-state index in [9.17, 15) is 14.3 Å². The maximum Gasteiger partial charge on any atom is 0.270 e. The van der Waals surface area contributed by atoms with Gasteiger partial charge in [0, 0.05) is 40.4 Å². The molecule has 0 fully saturated rings. The van der Waals surface area contributed by atoms with Crippen molar-refractivity contribution in [1.29, 1.82) is 0 Å². The first-order valence-corrected chi connectivity index (χ1v) is 11.1. The maximum atomic E-state index is 14.1. The Labute approximate surface area is 206 Å². The van der Waals surface area contributed by atoms with Gasteiger partial charge < -0.3 is 15.4 Å². The molecule has 0 saturated heterocycles. The van der Waals surface area contributed by atoms with Crippen molar-refractivity contribution < 1.29 is 14.3 Å². The van der Waals surface area contributed by atoms with E-state index >= 15 is 0 Å². The zero-order valence-corrected chi connectivity index (χ0v) is 19.2. The summed E-state index contributed by atoms with van der Waals surface area (Å²) in [5, 5.41) is 14.3. The number of pyridine rings is 1. The van der Waals surface area contributed by atoms with E-state index in [4.69, 9.17) is 0 Å². The Morgan fingerprint density at radius 2 is 1.83 bits per heavy atom. The Morgan fingerprint density at radius 3 is 2.64 bits per heavy atom. The van der Waals surface area contributed by atoms with Gasteiger partial charge >= 0.3 is 0 Å². The quantitative estimate of drug-likeness (QED) is 0.333. The first-order valence-electron chi connectivity index (χ1n) is 11.1. The second-order valence-electron chi connectivity index (χ2n) is 8.13. The molecule has 7 nitrogen and oxygen atoms in total. The summed E-state index contributed by atoms with van der Waals surface area (Å²) in [5.74, 6) is 4.99. The third-order valence-electron chi connectivity index (χ3n) is 5.51. The number of para-hydroxylation sites is 1. The van der Waals surface area contributed by atoms with Crippen LogP contribution in [-0.4, -0.2) is 30.9 Å². The third kappa shape index (κ3) is 4.91. The number of halogens is 1. The van der Waals surface area contributed by atoms with Gasteiger partial charge in [-0.15, -0.1) is 0 Å². The second-order valence-corrected chi connectivity index (χ2v) is 8.13. The molecule has 1 unspecified atom stereocenters. The van der Waals surface area contributed by atoms with Crippen LogP contribution in [0.5, 0.6) is 5.75 Å². The Balaban J connectivity index is 1.51. The van der Waals surface area contributed by atoms with Gasteiger partial charge in [0.2, 0.25) is 5.82 Å². The molecule has 0 aliphatic heterocycles. The van der Waals surface area contributed by atoms with Gasteiger partial charge in [-0.2, -0.15) is 0 Å². The van der Waals surface area contributed by atoms with E-state index in [0.717, 1.165) is 17.0 Å². The van der Waals surface area contributed by atoms with Gasteiger partial charge in [0.15, 0.2) is 0 Å². The van der Waals surface area contributed by atoms with Crippen LogP contribution in [0.2, 0.25) is 0 Å². The minimum absolute atomic E-state index is 0.130. The molecular formula is C28H20FN5O2. The number of aromatic nitrogens is 4. The molecule has 3 N–H and O–H groups in total. The van der Waals surface area contributed by atoms with Gasteiger partial charge in [0.1, 0.15) is 17.3 Å². The van der Waals surface area contributed by atoms with Gasteiger partial charge in [-0.05, 0) is 66.8 Å². The first kappa shape index (κ1) is 22.7. The number of amides is 1. The number of aromatic hydroxyl groups is 1. The monoisotopic (exact) mass is 477 g/mol. The molecule has 36 heavy (non-hydrogen) atoms. The molecule has 1 amide bonds. The SMILES string of the molecule is Cc1cc(C#Cc2ncccn2)cc(C(=O)NC(c2cc3ccccc3[nH]2)c2cc(F)ccc2O)n1. The van der Waals surface area contributed by atoms with Crippen LogP contribution >= 0.6 is 0 Å². The van der Waals surface area contributed by atoms with Crippen molar-refractivity contribution >= 4 is 16.8 Å². The average Bonchev–Trinajstić information content (AvgIpc) is 3.32. The summed E-state index contributed by atoms with van der Waals surface area (Å²) in [6.45, 7) is 1.76. The summed E-state index contributed by atoms with van der Waals surface area (Å²) in [6, 6.07) is 17.2. The zero-order chi connectivity index (χ0) is 25.1. The van der Waals surface area contributed by atoms with Gasteiger partial charge in [-0.3, -0.25) is 4.79 Å². The van der Waals surface area contributed by atoms with Crippen molar-refractivity contribution in [3.05, 3.63) is 119 Å². The number of aromatic amines is 1. The number of phenols is 1. The Morgan fingerprint density at radius 1 is 1.03 bits per heavy atom. The van der Waals surface area contributed by atoms with Gasteiger partial charge in [0.05, 0.1) is 6.04 Å². The van der Waals surface area contributed by atoms with Crippen LogP contribution < -0.4 is 5.32 Å². The molecule has 3 aromatic heterocycles. The van der Waals surface area contributed by atoms with E-state index in [1.807, 2.05) is 30.3 Å². The number of phenolic OH excluding ortho intramolecular Hbond substituents is 1. The lowest BCUT2D eigenvalue weighted by Gasteiger charge is -2.19. The smallest absolute Gasteiger partial charge is 0.270 e. The predicted octanol–water partition coefficient (Wildman–Crippen LogP) is 4.43. The highest BCUT2D eigenvalue weighted by Crippen LogP contribution is 2.31. The standard InChI is InChI=1S/C28H20FN5O2/c1-17-13-18(7-10-26-30-11-4-12-31-26)14-24(32-17)28(36)34-27(21-16-20(29)8-9-25(21)35)23-15-19-5-2-3-6-22(19)33-23/h2-6,8-9,11-16,27,33,35H,1H3,(H,34,36). The molecule has 0 bridgehead atoms. The lowest BCUT2D eigenvalue weighted by molar-refractivity contribution is 0.0936. The first-order chi connectivity index (χ1) is 17.5. The lowest BCUT2D eigenvalue weighted by atomic mass is 10.0. The van der Waals surface area contributed by atoms with E-state index < -0.39 is 17.8 Å². The number of nitrogens with one attached hydrogen (secondary N) is 2. The topological polar surface area (TPSA) is 104 Å². The Hall–Kier alpha value is -5.03. The minimum atomic E-state index is -0.866. The van der Waals surface area contributed by atoms with Crippen LogP contribution in [0.1, 0.15) is 44.9 Å². The number of carbonyl (C=O) groups is 1. The highest BCUT2D eigenvalue weighted by Gasteiger charge is 2.24. The third-order valence-corrected chi connectivity index (χ3v) is 5.51. The van der Waals surface area contributed by atoms with E-state index in [2.05, 4.69) is 37.1 Å². The predicted molar refractivity (Wildman–Crippen MR) is 133 cm³/mol. The summed E-state index contributed by atoms with van der Waals surface area (Å²) in [5.41, 5.74) is 2.93. The summed E-state index contributed by atoms with van der Waals surface area (Å²) in [7, 11) is 0. The van der Waals surface area contributed by atoms with Crippen molar-refractivity contribution in [2.45, 2.75) is 13.0 Å². The normalized spacial score (nSPS) is 11.5. The number of rotatable bonds is 4. The fourth-order valence-electron chi connectivity index (χ4n) is 3.88. The average molecular weight is 477 g/mol. The van der Waals surface area contributed by atoms with Crippen molar-refractivity contribution in [3.63, 3.8) is 0 Å².